The largest absolute Gasteiger partial charge is 0.342 e. The number of carbonyl (C=O) groups is 2. The molecule has 1 aromatic heterocycles. The highest BCUT2D eigenvalue weighted by molar-refractivity contribution is 7.99. The Labute approximate surface area is 227 Å². The SMILES string of the molecule is CC(C)C[C@@H](NC(=O)c1ccccc1Cl)c1nnc(SCC(=O)Nc2c(Cl)cc(Cl)cc2Cl)n1C. The molecule has 1 atom stereocenters. The molecular formula is C23H23Cl4N5O2S. The van der Waals surface area contributed by atoms with E-state index in [-0.39, 0.29) is 33.5 Å². The quantitative estimate of drug-likeness (QED) is 0.278. The Morgan fingerprint density at radius 3 is 2.31 bits per heavy atom. The second-order valence-corrected chi connectivity index (χ2v) is 10.7. The van der Waals surface area contributed by atoms with Gasteiger partial charge < -0.3 is 15.2 Å². The lowest BCUT2D eigenvalue weighted by atomic mass is 10.0. The van der Waals surface area contributed by atoms with Gasteiger partial charge in [0.25, 0.3) is 5.91 Å². The fraction of sp³-hybridized carbons (Fsp3) is 0.304. The second-order valence-electron chi connectivity index (χ2n) is 8.12. The van der Waals surface area contributed by atoms with Crippen molar-refractivity contribution in [1.29, 1.82) is 0 Å². The smallest absolute Gasteiger partial charge is 0.253 e. The summed E-state index contributed by atoms with van der Waals surface area (Å²) in [4.78, 5) is 25.4. The van der Waals surface area contributed by atoms with Crippen molar-refractivity contribution in [3.8, 4) is 0 Å². The van der Waals surface area contributed by atoms with E-state index in [2.05, 4.69) is 34.7 Å². The van der Waals surface area contributed by atoms with Gasteiger partial charge in [-0.25, -0.2) is 0 Å². The van der Waals surface area contributed by atoms with Crippen LogP contribution in [0.4, 0.5) is 5.69 Å². The van der Waals surface area contributed by atoms with Gasteiger partial charge in [-0.3, -0.25) is 9.59 Å². The summed E-state index contributed by atoms with van der Waals surface area (Å²) >= 11 is 25.6. The molecule has 7 nitrogen and oxygen atoms in total. The van der Waals surface area contributed by atoms with E-state index in [9.17, 15) is 9.59 Å². The lowest BCUT2D eigenvalue weighted by molar-refractivity contribution is -0.113. The Morgan fingerprint density at radius 2 is 1.69 bits per heavy atom. The molecule has 0 aliphatic heterocycles. The van der Waals surface area contributed by atoms with Crippen LogP contribution in [0.15, 0.2) is 41.6 Å². The summed E-state index contributed by atoms with van der Waals surface area (Å²) in [7, 11) is 1.79. The number of nitrogens with zero attached hydrogens (tertiary/aromatic N) is 3. The molecule has 0 saturated heterocycles. The van der Waals surface area contributed by atoms with Crippen molar-refractivity contribution in [3.63, 3.8) is 0 Å². The zero-order valence-electron chi connectivity index (χ0n) is 19.1. The molecular weight excluding hydrogens is 552 g/mol. The Morgan fingerprint density at radius 1 is 1.03 bits per heavy atom. The molecule has 0 aliphatic rings. The third-order valence-electron chi connectivity index (χ3n) is 4.91. The summed E-state index contributed by atoms with van der Waals surface area (Å²) in [5.74, 6) is 0.276. The van der Waals surface area contributed by atoms with E-state index in [1.165, 1.54) is 23.9 Å². The molecule has 186 valence electrons. The topological polar surface area (TPSA) is 88.9 Å². The molecule has 1 heterocycles. The first-order valence-corrected chi connectivity index (χ1v) is 13.1. The first-order valence-electron chi connectivity index (χ1n) is 10.6. The standard InChI is InChI=1S/C23H23Cl4N5O2S/c1-12(2)8-18(28-22(34)14-6-4-5-7-15(14)25)21-30-31-23(32(21)3)35-11-19(33)29-20-16(26)9-13(24)10-17(20)27/h4-7,9-10,12,18H,8,11H2,1-3H3,(H,28,34)(H,29,33)/t18-/m1/s1. The molecule has 0 radical (unpaired) electrons. The number of carbonyl (C=O) groups excluding carboxylic acids is 2. The highest BCUT2D eigenvalue weighted by Crippen LogP contribution is 2.34. The van der Waals surface area contributed by atoms with Gasteiger partial charge in [0.2, 0.25) is 5.91 Å². The molecule has 12 heteroatoms. The van der Waals surface area contributed by atoms with Crippen molar-refractivity contribution in [2.75, 3.05) is 11.1 Å². The average Bonchev–Trinajstić information content (AvgIpc) is 3.14. The zero-order chi connectivity index (χ0) is 25.7. The lowest BCUT2D eigenvalue weighted by Crippen LogP contribution is -2.31. The number of anilines is 1. The average molecular weight is 575 g/mol. The molecule has 0 spiro atoms. The predicted molar refractivity (Wildman–Crippen MR) is 143 cm³/mol. The van der Waals surface area contributed by atoms with Crippen molar-refractivity contribution in [2.24, 2.45) is 13.0 Å². The van der Waals surface area contributed by atoms with Crippen LogP contribution in [0.3, 0.4) is 0 Å². The molecule has 3 rings (SSSR count). The number of halogens is 4. The molecule has 35 heavy (non-hydrogen) atoms. The third-order valence-corrected chi connectivity index (χ3v) is 7.08. The number of amides is 2. The summed E-state index contributed by atoms with van der Waals surface area (Å²) in [5, 5.41) is 16.0. The van der Waals surface area contributed by atoms with Gasteiger partial charge in [-0.05, 0) is 36.6 Å². The maximum atomic E-state index is 12.9. The number of thioether (sulfide) groups is 1. The van der Waals surface area contributed by atoms with E-state index in [0.717, 1.165) is 0 Å². The molecule has 3 aromatic rings. The predicted octanol–water partition coefficient (Wildman–Crippen LogP) is 6.68. The molecule has 2 N–H and O–H groups in total. The van der Waals surface area contributed by atoms with E-state index < -0.39 is 6.04 Å². The molecule has 2 aromatic carbocycles. The van der Waals surface area contributed by atoms with Gasteiger partial charge in [0.05, 0.1) is 38.1 Å². The zero-order valence-corrected chi connectivity index (χ0v) is 23.0. The van der Waals surface area contributed by atoms with Gasteiger partial charge in [0, 0.05) is 12.1 Å². The number of benzene rings is 2. The van der Waals surface area contributed by atoms with Crippen LogP contribution in [0.5, 0.6) is 0 Å². The maximum absolute atomic E-state index is 12.9. The van der Waals surface area contributed by atoms with Crippen LogP contribution in [0.2, 0.25) is 20.1 Å². The third kappa shape index (κ3) is 7.27. The minimum atomic E-state index is -0.397. The molecule has 0 aliphatic carbocycles. The van der Waals surface area contributed by atoms with Crippen LogP contribution in [-0.2, 0) is 11.8 Å². The number of rotatable bonds is 9. The number of hydrogen-bond acceptors (Lipinski definition) is 5. The van der Waals surface area contributed by atoms with E-state index in [0.29, 0.717) is 38.7 Å². The van der Waals surface area contributed by atoms with E-state index >= 15 is 0 Å². The van der Waals surface area contributed by atoms with Crippen LogP contribution >= 0.6 is 58.2 Å². The monoisotopic (exact) mass is 573 g/mol. The van der Waals surface area contributed by atoms with Gasteiger partial charge in [0.1, 0.15) is 0 Å². The molecule has 0 bridgehead atoms. The summed E-state index contributed by atoms with van der Waals surface area (Å²) in [6.07, 6.45) is 0.640. The Bertz CT molecular complexity index is 1210. The Balaban J connectivity index is 1.71. The van der Waals surface area contributed by atoms with Crippen molar-refractivity contribution in [2.45, 2.75) is 31.5 Å². The molecule has 0 saturated carbocycles. The summed E-state index contributed by atoms with van der Waals surface area (Å²) in [6, 6.07) is 9.45. The van der Waals surface area contributed by atoms with Crippen molar-refractivity contribution in [3.05, 3.63) is 67.9 Å². The van der Waals surface area contributed by atoms with Crippen molar-refractivity contribution < 1.29 is 9.59 Å². The molecule has 0 fully saturated rings. The summed E-state index contributed by atoms with van der Waals surface area (Å²) in [5.41, 5.74) is 0.678. The Hall–Kier alpha value is -1.97. The molecule has 2 amide bonds. The van der Waals surface area contributed by atoms with Gasteiger partial charge >= 0.3 is 0 Å². The fourth-order valence-corrected chi connectivity index (χ4v) is 5.16. The van der Waals surface area contributed by atoms with Crippen LogP contribution in [-0.4, -0.2) is 32.3 Å². The minimum absolute atomic E-state index is 0.0437. The van der Waals surface area contributed by atoms with Crippen LogP contribution in [0, 0.1) is 5.92 Å². The lowest BCUT2D eigenvalue weighted by Gasteiger charge is -2.20. The van der Waals surface area contributed by atoms with Crippen molar-refractivity contribution in [1.82, 2.24) is 20.1 Å². The molecule has 0 unspecified atom stereocenters. The van der Waals surface area contributed by atoms with Crippen LogP contribution in [0.1, 0.15) is 42.5 Å². The van der Waals surface area contributed by atoms with E-state index in [1.807, 2.05) is 0 Å². The summed E-state index contributed by atoms with van der Waals surface area (Å²) in [6.45, 7) is 4.11. The van der Waals surface area contributed by atoms with Crippen molar-refractivity contribution >= 4 is 75.7 Å². The minimum Gasteiger partial charge on any atom is -0.342 e. The first-order chi connectivity index (χ1) is 16.6. The first kappa shape index (κ1) is 27.6. The number of aromatic nitrogens is 3. The normalized spacial score (nSPS) is 12.0. The van der Waals surface area contributed by atoms with Gasteiger partial charge in [-0.2, -0.15) is 0 Å². The fourth-order valence-electron chi connectivity index (χ4n) is 3.30. The van der Waals surface area contributed by atoms with E-state index in [4.69, 9.17) is 46.4 Å². The van der Waals surface area contributed by atoms with Gasteiger partial charge in [-0.1, -0.05) is 84.1 Å². The second kappa shape index (κ2) is 12.3. The van der Waals surface area contributed by atoms with Gasteiger partial charge in [-0.15, -0.1) is 10.2 Å². The highest BCUT2D eigenvalue weighted by atomic mass is 35.5. The maximum Gasteiger partial charge on any atom is 0.253 e. The number of nitrogens with one attached hydrogen (secondary N) is 2. The van der Waals surface area contributed by atoms with Crippen LogP contribution < -0.4 is 10.6 Å². The highest BCUT2D eigenvalue weighted by Gasteiger charge is 2.24. The Kier molecular flexibility index (Phi) is 9.72. The van der Waals surface area contributed by atoms with E-state index in [1.54, 1.807) is 35.9 Å². The number of hydrogen-bond donors (Lipinski definition) is 2. The summed E-state index contributed by atoms with van der Waals surface area (Å²) < 4.78 is 1.76. The van der Waals surface area contributed by atoms with Gasteiger partial charge in [0.15, 0.2) is 11.0 Å². The van der Waals surface area contributed by atoms with Crippen LogP contribution in [0.25, 0.3) is 0 Å².